The molecular weight excluding hydrogens is 315 g/mol. The van der Waals surface area contributed by atoms with E-state index in [2.05, 4.69) is 43.4 Å². The second kappa shape index (κ2) is 4.43. The number of halogens is 1. The summed E-state index contributed by atoms with van der Waals surface area (Å²) in [6.07, 6.45) is 2.74. The fourth-order valence-electron chi connectivity index (χ4n) is 1.35. The van der Waals surface area contributed by atoms with E-state index >= 15 is 0 Å². The Morgan fingerprint density at radius 2 is 1.94 bits per heavy atom. The molecule has 0 aromatic heterocycles. The third kappa shape index (κ3) is 3.27. The van der Waals surface area contributed by atoms with Gasteiger partial charge in [0.05, 0.1) is 9.67 Å². The first-order chi connectivity index (χ1) is 7.46. The Morgan fingerprint density at radius 3 is 2.50 bits per heavy atom. The highest BCUT2D eigenvalue weighted by molar-refractivity contribution is 14.1. The van der Waals surface area contributed by atoms with Gasteiger partial charge >= 0.3 is 0 Å². The lowest BCUT2D eigenvalue weighted by molar-refractivity contribution is 0.121. The summed E-state index contributed by atoms with van der Waals surface area (Å²) in [4.78, 5) is 0. The molecule has 2 nitrogen and oxygen atoms in total. The molecule has 2 rings (SSSR count). The maximum absolute atomic E-state index is 5.96. The molecule has 1 aromatic rings. The second-order valence-electron chi connectivity index (χ2n) is 5.10. The maximum atomic E-state index is 5.96. The quantitative estimate of drug-likeness (QED) is 0.779. The van der Waals surface area contributed by atoms with Crippen molar-refractivity contribution in [3.63, 3.8) is 0 Å². The molecule has 1 aliphatic rings. The van der Waals surface area contributed by atoms with Crippen LogP contribution < -0.4 is 9.47 Å². The van der Waals surface area contributed by atoms with Gasteiger partial charge in [0, 0.05) is 0 Å². The predicted octanol–water partition coefficient (Wildman–Crippen LogP) is 4.01. The lowest BCUT2D eigenvalue weighted by Gasteiger charge is -2.24. The smallest absolute Gasteiger partial charge is 0.175 e. The van der Waals surface area contributed by atoms with E-state index < -0.39 is 0 Å². The average molecular weight is 332 g/mol. The molecule has 1 aliphatic carbocycles. The van der Waals surface area contributed by atoms with Gasteiger partial charge in [-0.25, -0.2) is 0 Å². The highest BCUT2D eigenvalue weighted by atomic mass is 127. The van der Waals surface area contributed by atoms with Crippen LogP contribution in [-0.2, 0) is 0 Å². The topological polar surface area (TPSA) is 18.5 Å². The van der Waals surface area contributed by atoms with Crippen molar-refractivity contribution in [3.05, 3.63) is 21.8 Å². The Labute approximate surface area is 110 Å². The van der Waals surface area contributed by atoms with Gasteiger partial charge in [-0.15, -0.1) is 0 Å². The number of benzene rings is 1. The van der Waals surface area contributed by atoms with Gasteiger partial charge < -0.3 is 9.47 Å². The summed E-state index contributed by atoms with van der Waals surface area (Å²) in [7, 11) is 0. The van der Waals surface area contributed by atoms with Crippen LogP contribution in [0.1, 0.15) is 33.6 Å². The largest absolute Gasteiger partial charge is 0.486 e. The number of hydrogen-bond acceptors (Lipinski definition) is 2. The number of hydrogen-bond donors (Lipinski definition) is 0. The second-order valence-corrected chi connectivity index (χ2v) is 6.26. The Morgan fingerprint density at radius 1 is 1.25 bits per heavy atom. The highest BCUT2D eigenvalue weighted by Crippen LogP contribution is 2.38. The molecule has 3 heteroatoms. The van der Waals surface area contributed by atoms with Gasteiger partial charge in [0.15, 0.2) is 11.5 Å². The molecule has 0 aliphatic heterocycles. The summed E-state index contributed by atoms with van der Waals surface area (Å²) in [5.41, 5.74) is -0.192. The lowest BCUT2D eigenvalue weighted by atomic mass is 10.2. The van der Waals surface area contributed by atoms with Crippen molar-refractivity contribution < 1.29 is 9.47 Å². The van der Waals surface area contributed by atoms with Crippen molar-refractivity contribution in [1.82, 2.24) is 0 Å². The molecule has 0 saturated heterocycles. The fraction of sp³-hybridized carbons (Fsp3) is 0.538. The van der Waals surface area contributed by atoms with Crippen LogP contribution in [0.15, 0.2) is 18.2 Å². The van der Waals surface area contributed by atoms with E-state index in [1.54, 1.807) is 0 Å². The number of ether oxygens (including phenoxy) is 2. The molecule has 1 fully saturated rings. The van der Waals surface area contributed by atoms with Gasteiger partial charge in [-0.2, -0.15) is 0 Å². The molecule has 0 spiro atoms. The average Bonchev–Trinajstić information content (AvgIpc) is 2.93. The summed E-state index contributed by atoms with van der Waals surface area (Å²) in [5.74, 6) is 1.76. The molecule has 0 unspecified atom stereocenters. The molecule has 88 valence electrons. The fourth-order valence-corrected chi connectivity index (χ4v) is 1.94. The summed E-state index contributed by atoms with van der Waals surface area (Å²) in [5, 5.41) is 0. The predicted molar refractivity (Wildman–Crippen MR) is 73.2 cm³/mol. The van der Waals surface area contributed by atoms with E-state index in [1.165, 1.54) is 12.8 Å². The summed E-state index contributed by atoms with van der Waals surface area (Å²) < 4.78 is 12.9. The van der Waals surface area contributed by atoms with E-state index in [9.17, 15) is 0 Å². The molecular formula is C13H17IO2. The van der Waals surface area contributed by atoms with Crippen molar-refractivity contribution in [3.8, 4) is 11.5 Å². The van der Waals surface area contributed by atoms with Gasteiger partial charge in [-0.3, -0.25) is 0 Å². The molecule has 0 bridgehead atoms. The van der Waals surface area contributed by atoms with Gasteiger partial charge in [0.2, 0.25) is 0 Å². The van der Waals surface area contributed by atoms with Crippen molar-refractivity contribution in [2.45, 2.75) is 45.3 Å². The SMILES string of the molecule is CC(C)(C)Oc1c(I)cccc1OC1CC1. The highest BCUT2D eigenvalue weighted by Gasteiger charge is 2.26. The zero-order valence-electron chi connectivity index (χ0n) is 9.92. The molecule has 0 N–H and O–H groups in total. The van der Waals surface area contributed by atoms with Gasteiger partial charge in [0.25, 0.3) is 0 Å². The third-order valence-corrected chi connectivity index (χ3v) is 3.01. The van der Waals surface area contributed by atoms with Crippen LogP contribution in [-0.4, -0.2) is 11.7 Å². The van der Waals surface area contributed by atoms with E-state index in [0.717, 1.165) is 15.1 Å². The van der Waals surface area contributed by atoms with Gasteiger partial charge in [-0.05, 0) is 68.3 Å². The minimum Gasteiger partial charge on any atom is -0.486 e. The van der Waals surface area contributed by atoms with Crippen LogP contribution in [0.25, 0.3) is 0 Å². The molecule has 16 heavy (non-hydrogen) atoms. The Hall–Kier alpha value is -0.450. The Balaban J connectivity index is 2.24. The Kier molecular flexibility index (Phi) is 3.33. The van der Waals surface area contributed by atoms with E-state index in [4.69, 9.17) is 9.47 Å². The molecule has 1 saturated carbocycles. The number of para-hydroxylation sites is 1. The zero-order chi connectivity index (χ0) is 11.8. The molecule has 0 amide bonds. The first-order valence-electron chi connectivity index (χ1n) is 5.60. The summed E-state index contributed by atoms with van der Waals surface area (Å²) in [6.45, 7) is 6.16. The van der Waals surface area contributed by atoms with Crippen molar-refractivity contribution in [2.75, 3.05) is 0 Å². The van der Waals surface area contributed by atoms with Crippen LogP contribution in [0, 0.1) is 3.57 Å². The third-order valence-electron chi connectivity index (χ3n) is 2.16. The van der Waals surface area contributed by atoms with Crippen LogP contribution in [0.3, 0.4) is 0 Å². The van der Waals surface area contributed by atoms with E-state index in [1.807, 2.05) is 18.2 Å². The van der Waals surface area contributed by atoms with Crippen molar-refractivity contribution in [2.24, 2.45) is 0 Å². The van der Waals surface area contributed by atoms with Crippen LogP contribution >= 0.6 is 22.6 Å². The van der Waals surface area contributed by atoms with E-state index in [-0.39, 0.29) is 5.60 Å². The van der Waals surface area contributed by atoms with Crippen molar-refractivity contribution in [1.29, 1.82) is 0 Å². The van der Waals surface area contributed by atoms with Crippen LogP contribution in [0.2, 0.25) is 0 Å². The monoisotopic (exact) mass is 332 g/mol. The van der Waals surface area contributed by atoms with E-state index in [0.29, 0.717) is 6.10 Å². The summed E-state index contributed by atoms with van der Waals surface area (Å²) >= 11 is 2.29. The lowest BCUT2D eigenvalue weighted by Crippen LogP contribution is -2.24. The first kappa shape index (κ1) is 12.0. The maximum Gasteiger partial charge on any atom is 0.175 e. The first-order valence-corrected chi connectivity index (χ1v) is 6.68. The van der Waals surface area contributed by atoms with Crippen LogP contribution in [0.4, 0.5) is 0 Å². The Bertz CT molecular complexity index is 378. The van der Waals surface area contributed by atoms with Gasteiger partial charge in [-0.1, -0.05) is 6.07 Å². The van der Waals surface area contributed by atoms with Gasteiger partial charge in [0.1, 0.15) is 5.60 Å². The molecule has 1 aromatic carbocycles. The zero-order valence-corrected chi connectivity index (χ0v) is 12.1. The summed E-state index contributed by atoms with van der Waals surface area (Å²) in [6, 6.07) is 6.04. The van der Waals surface area contributed by atoms with Crippen molar-refractivity contribution >= 4 is 22.6 Å². The number of rotatable bonds is 3. The molecule has 0 radical (unpaired) electrons. The molecule has 0 heterocycles. The van der Waals surface area contributed by atoms with Crippen LogP contribution in [0.5, 0.6) is 11.5 Å². The normalized spacial score (nSPS) is 16.0. The minimum atomic E-state index is -0.192. The standard InChI is InChI=1S/C13H17IO2/c1-13(2,3)16-12-10(14)5-4-6-11(12)15-9-7-8-9/h4-6,9H,7-8H2,1-3H3. The minimum absolute atomic E-state index is 0.192. The molecule has 0 atom stereocenters.